The highest BCUT2D eigenvalue weighted by molar-refractivity contribution is 6.06. The minimum absolute atomic E-state index is 0.0828. The van der Waals surface area contributed by atoms with Crippen molar-refractivity contribution in [3.05, 3.63) is 88.7 Å². The largest absolute Gasteiger partial charge is 0.348 e. The number of aryl methyl sites for hydroxylation is 2. The van der Waals surface area contributed by atoms with Crippen LogP contribution in [0.2, 0.25) is 0 Å². The molecular formula is C25H24N4O. The van der Waals surface area contributed by atoms with Crippen LogP contribution in [0.15, 0.2) is 60.7 Å². The first-order chi connectivity index (χ1) is 14.6. The van der Waals surface area contributed by atoms with Crippen LogP contribution in [0.4, 0.5) is 0 Å². The zero-order valence-corrected chi connectivity index (χ0v) is 17.2. The molecule has 1 aliphatic rings. The minimum atomic E-state index is -0.0828. The van der Waals surface area contributed by atoms with E-state index >= 15 is 0 Å². The number of amides is 1. The quantitative estimate of drug-likeness (QED) is 0.525. The monoisotopic (exact) mass is 396 g/mol. The molecule has 0 unspecified atom stereocenters. The zero-order valence-electron chi connectivity index (χ0n) is 17.2. The van der Waals surface area contributed by atoms with Crippen molar-refractivity contribution >= 4 is 16.9 Å². The first kappa shape index (κ1) is 18.6. The number of hydrogen-bond donors (Lipinski definition) is 1. The second-order valence-electron chi connectivity index (χ2n) is 8.07. The summed E-state index contributed by atoms with van der Waals surface area (Å²) in [5.41, 5.74) is 6.45. The SMILES string of the molecule is Cc1ccc(CNC(=O)c2cc(C3CC3)nc3c2c(C)nn3-c2ccccc2)cc1. The van der Waals surface area contributed by atoms with Gasteiger partial charge in [-0.25, -0.2) is 9.67 Å². The van der Waals surface area contributed by atoms with E-state index in [1.807, 2.05) is 60.1 Å². The summed E-state index contributed by atoms with van der Waals surface area (Å²) in [7, 11) is 0. The predicted molar refractivity (Wildman–Crippen MR) is 118 cm³/mol. The average Bonchev–Trinajstić information content (AvgIpc) is 3.57. The second-order valence-corrected chi connectivity index (χ2v) is 8.07. The molecule has 5 nitrogen and oxygen atoms in total. The fraction of sp³-hybridized carbons (Fsp3) is 0.240. The van der Waals surface area contributed by atoms with Gasteiger partial charge in [0.2, 0.25) is 0 Å². The van der Waals surface area contributed by atoms with Gasteiger partial charge in [0.1, 0.15) is 0 Å². The number of nitrogens with one attached hydrogen (secondary N) is 1. The molecule has 1 amide bonds. The van der Waals surface area contributed by atoms with Crippen molar-refractivity contribution in [2.24, 2.45) is 0 Å². The highest BCUT2D eigenvalue weighted by Gasteiger charge is 2.29. The number of carbonyl (C=O) groups excluding carboxylic acids is 1. The molecule has 2 heterocycles. The molecule has 0 bridgehead atoms. The van der Waals surface area contributed by atoms with Crippen LogP contribution >= 0.6 is 0 Å². The molecule has 30 heavy (non-hydrogen) atoms. The highest BCUT2D eigenvalue weighted by atomic mass is 16.1. The molecule has 5 heteroatoms. The molecule has 0 saturated heterocycles. The van der Waals surface area contributed by atoms with E-state index in [2.05, 4.69) is 24.4 Å². The Morgan fingerprint density at radius 1 is 1.07 bits per heavy atom. The number of pyridine rings is 1. The van der Waals surface area contributed by atoms with Gasteiger partial charge in [0.15, 0.2) is 5.65 Å². The summed E-state index contributed by atoms with van der Waals surface area (Å²) in [6.07, 6.45) is 2.25. The Morgan fingerprint density at radius 2 is 1.80 bits per heavy atom. The molecule has 1 N–H and O–H groups in total. The van der Waals surface area contributed by atoms with Crippen LogP contribution in [0.3, 0.4) is 0 Å². The molecule has 1 fully saturated rings. The average molecular weight is 396 g/mol. The Kier molecular flexibility index (Phi) is 4.58. The van der Waals surface area contributed by atoms with Crippen molar-refractivity contribution in [2.45, 2.75) is 39.2 Å². The molecule has 0 radical (unpaired) electrons. The number of rotatable bonds is 5. The molecule has 150 valence electrons. The summed E-state index contributed by atoms with van der Waals surface area (Å²) in [5, 5.41) is 8.64. The van der Waals surface area contributed by atoms with Gasteiger partial charge in [0.05, 0.1) is 22.3 Å². The van der Waals surface area contributed by atoms with Gasteiger partial charge in [0, 0.05) is 18.2 Å². The lowest BCUT2D eigenvalue weighted by Gasteiger charge is -2.10. The van der Waals surface area contributed by atoms with Crippen molar-refractivity contribution in [3.8, 4) is 5.69 Å². The van der Waals surface area contributed by atoms with Crippen LogP contribution in [0.25, 0.3) is 16.7 Å². The predicted octanol–water partition coefficient (Wildman–Crippen LogP) is 4.84. The lowest BCUT2D eigenvalue weighted by molar-refractivity contribution is 0.0952. The third-order valence-electron chi connectivity index (χ3n) is 5.65. The summed E-state index contributed by atoms with van der Waals surface area (Å²) in [4.78, 5) is 18.1. The van der Waals surface area contributed by atoms with Crippen LogP contribution in [0, 0.1) is 13.8 Å². The van der Waals surface area contributed by atoms with Gasteiger partial charge in [-0.2, -0.15) is 5.10 Å². The lowest BCUT2D eigenvalue weighted by atomic mass is 10.1. The van der Waals surface area contributed by atoms with Gasteiger partial charge in [0.25, 0.3) is 5.91 Å². The molecule has 2 aromatic carbocycles. The standard InChI is InChI=1S/C25H24N4O/c1-16-8-10-18(11-9-16)15-26-25(30)21-14-22(19-12-13-19)27-24-23(21)17(2)28-29(24)20-6-4-3-5-7-20/h3-11,14,19H,12-13,15H2,1-2H3,(H,26,30). The minimum Gasteiger partial charge on any atom is -0.348 e. The van der Waals surface area contributed by atoms with Crippen molar-refractivity contribution in [1.82, 2.24) is 20.1 Å². The van der Waals surface area contributed by atoms with Crippen LogP contribution in [0.5, 0.6) is 0 Å². The summed E-state index contributed by atoms with van der Waals surface area (Å²) < 4.78 is 1.85. The van der Waals surface area contributed by atoms with E-state index in [4.69, 9.17) is 10.1 Å². The molecule has 4 aromatic rings. The maximum Gasteiger partial charge on any atom is 0.252 e. The van der Waals surface area contributed by atoms with Crippen LogP contribution in [-0.2, 0) is 6.54 Å². The fourth-order valence-corrected chi connectivity index (χ4v) is 3.81. The number of hydrogen-bond acceptors (Lipinski definition) is 3. The van der Waals surface area contributed by atoms with E-state index in [1.165, 1.54) is 5.56 Å². The Balaban J connectivity index is 1.56. The van der Waals surface area contributed by atoms with Gasteiger partial charge >= 0.3 is 0 Å². The summed E-state index contributed by atoms with van der Waals surface area (Å²) in [5.74, 6) is 0.359. The molecule has 0 spiro atoms. The van der Waals surface area contributed by atoms with Crippen LogP contribution in [-0.4, -0.2) is 20.7 Å². The fourth-order valence-electron chi connectivity index (χ4n) is 3.81. The third kappa shape index (κ3) is 3.47. The number of aromatic nitrogens is 3. The number of carbonyl (C=O) groups is 1. The maximum atomic E-state index is 13.2. The highest BCUT2D eigenvalue weighted by Crippen LogP contribution is 2.40. The zero-order chi connectivity index (χ0) is 20.7. The summed E-state index contributed by atoms with van der Waals surface area (Å²) in [6, 6.07) is 20.2. The van der Waals surface area contributed by atoms with Gasteiger partial charge in [-0.1, -0.05) is 48.0 Å². The lowest BCUT2D eigenvalue weighted by Crippen LogP contribution is -2.23. The van der Waals surface area contributed by atoms with E-state index in [9.17, 15) is 4.79 Å². The Labute approximate surface area is 175 Å². The van der Waals surface area contributed by atoms with E-state index in [0.29, 0.717) is 18.0 Å². The second kappa shape index (κ2) is 7.41. The van der Waals surface area contributed by atoms with Gasteiger partial charge in [-0.05, 0) is 50.5 Å². The van der Waals surface area contributed by atoms with Crippen LogP contribution in [0.1, 0.15) is 51.6 Å². The molecule has 2 aromatic heterocycles. The third-order valence-corrected chi connectivity index (χ3v) is 5.65. The van der Waals surface area contributed by atoms with E-state index in [1.54, 1.807) is 0 Å². The summed E-state index contributed by atoms with van der Waals surface area (Å²) >= 11 is 0. The van der Waals surface area contributed by atoms with Crippen molar-refractivity contribution in [1.29, 1.82) is 0 Å². The van der Waals surface area contributed by atoms with E-state index in [0.717, 1.165) is 46.5 Å². The smallest absolute Gasteiger partial charge is 0.252 e. The van der Waals surface area contributed by atoms with Gasteiger partial charge in [-0.15, -0.1) is 0 Å². The molecule has 0 aliphatic heterocycles. The van der Waals surface area contributed by atoms with E-state index < -0.39 is 0 Å². The van der Waals surface area contributed by atoms with Crippen molar-refractivity contribution in [2.75, 3.05) is 0 Å². The first-order valence-electron chi connectivity index (χ1n) is 10.4. The normalized spacial score (nSPS) is 13.5. The van der Waals surface area contributed by atoms with Crippen molar-refractivity contribution < 1.29 is 4.79 Å². The maximum absolute atomic E-state index is 13.2. The topological polar surface area (TPSA) is 59.8 Å². The molecule has 0 atom stereocenters. The number of para-hydroxylation sites is 1. The number of nitrogens with zero attached hydrogens (tertiary/aromatic N) is 3. The Morgan fingerprint density at radius 3 is 2.50 bits per heavy atom. The number of benzene rings is 2. The van der Waals surface area contributed by atoms with Crippen LogP contribution < -0.4 is 5.32 Å². The molecular weight excluding hydrogens is 372 g/mol. The molecule has 5 rings (SSSR count). The van der Waals surface area contributed by atoms with Crippen molar-refractivity contribution in [3.63, 3.8) is 0 Å². The summed E-state index contributed by atoms with van der Waals surface area (Å²) in [6.45, 7) is 4.49. The molecule has 1 aliphatic carbocycles. The molecule has 1 saturated carbocycles. The Bertz CT molecular complexity index is 1220. The Hall–Kier alpha value is -3.47. The first-order valence-corrected chi connectivity index (χ1v) is 10.4. The van der Waals surface area contributed by atoms with Gasteiger partial charge in [-0.3, -0.25) is 4.79 Å². The van der Waals surface area contributed by atoms with E-state index in [-0.39, 0.29) is 5.91 Å². The number of fused-ring (bicyclic) bond motifs is 1. The van der Waals surface area contributed by atoms with Gasteiger partial charge < -0.3 is 5.32 Å².